The fourth-order valence-electron chi connectivity index (χ4n) is 2.93. The standard InChI is InChI=1S/C16H17O2P/c1-11-6-4-7-12(2)15(11)19(17)16-13(3)8-5-9-14(16)10-18-19/h4-9H,10H2,1-3H3. The summed E-state index contributed by atoms with van der Waals surface area (Å²) >= 11 is 0. The summed E-state index contributed by atoms with van der Waals surface area (Å²) in [6.07, 6.45) is 0. The van der Waals surface area contributed by atoms with Crippen molar-refractivity contribution in [3.8, 4) is 0 Å². The van der Waals surface area contributed by atoms with Crippen LogP contribution >= 0.6 is 7.37 Å². The SMILES string of the molecule is Cc1cccc(C)c1P1(=O)OCc2cccc(C)c21. The Labute approximate surface area is 113 Å². The van der Waals surface area contributed by atoms with E-state index in [0.29, 0.717) is 6.61 Å². The van der Waals surface area contributed by atoms with Crippen molar-refractivity contribution in [1.29, 1.82) is 0 Å². The van der Waals surface area contributed by atoms with Crippen molar-refractivity contribution >= 4 is 18.0 Å². The second kappa shape index (κ2) is 4.33. The molecule has 2 nitrogen and oxygen atoms in total. The Morgan fingerprint density at radius 1 is 0.895 bits per heavy atom. The molecule has 1 heterocycles. The Balaban J connectivity index is 2.32. The lowest BCUT2D eigenvalue weighted by Crippen LogP contribution is -2.21. The zero-order chi connectivity index (χ0) is 13.6. The van der Waals surface area contributed by atoms with Crippen molar-refractivity contribution in [3.63, 3.8) is 0 Å². The summed E-state index contributed by atoms with van der Waals surface area (Å²) < 4.78 is 19.3. The lowest BCUT2D eigenvalue weighted by Gasteiger charge is -2.19. The molecule has 0 spiro atoms. The van der Waals surface area contributed by atoms with E-state index in [4.69, 9.17) is 4.52 Å². The van der Waals surface area contributed by atoms with Crippen LogP contribution in [0, 0.1) is 20.8 Å². The molecule has 3 heteroatoms. The van der Waals surface area contributed by atoms with Crippen LogP contribution in [0.4, 0.5) is 0 Å². The highest BCUT2D eigenvalue weighted by Crippen LogP contribution is 2.52. The van der Waals surface area contributed by atoms with E-state index in [0.717, 1.165) is 32.9 Å². The Morgan fingerprint density at radius 2 is 1.42 bits per heavy atom. The van der Waals surface area contributed by atoms with Gasteiger partial charge in [0.1, 0.15) is 0 Å². The van der Waals surface area contributed by atoms with Gasteiger partial charge < -0.3 is 4.52 Å². The fraction of sp³-hybridized carbons (Fsp3) is 0.250. The minimum atomic E-state index is -2.93. The summed E-state index contributed by atoms with van der Waals surface area (Å²) in [6.45, 7) is 6.46. The normalized spacial score (nSPS) is 21.4. The van der Waals surface area contributed by atoms with Gasteiger partial charge in [-0.05, 0) is 43.0 Å². The molecule has 3 rings (SSSR count). The Bertz CT molecular complexity index is 684. The van der Waals surface area contributed by atoms with Crippen molar-refractivity contribution in [3.05, 3.63) is 58.7 Å². The van der Waals surface area contributed by atoms with E-state index < -0.39 is 7.37 Å². The summed E-state index contributed by atoms with van der Waals surface area (Å²) in [4.78, 5) is 0. The van der Waals surface area contributed by atoms with E-state index in [1.54, 1.807) is 0 Å². The van der Waals surface area contributed by atoms with Crippen molar-refractivity contribution < 1.29 is 9.09 Å². The average Bonchev–Trinajstić information content (AvgIpc) is 2.69. The van der Waals surface area contributed by atoms with Crippen LogP contribution in [0.1, 0.15) is 22.3 Å². The maximum atomic E-state index is 13.5. The third-order valence-corrected chi connectivity index (χ3v) is 6.77. The summed E-state index contributed by atoms with van der Waals surface area (Å²) in [5.41, 5.74) is 4.20. The minimum Gasteiger partial charge on any atom is -0.317 e. The molecule has 2 aromatic rings. The molecule has 0 amide bonds. The van der Waals surface area contributed by atoms with Gasteiger partial charge in [-0.2, -0.15) is 0 Å². The molecule has 0 N–H and O–H groups in total. The van der Waals surface area contributed by atoms with Gasteiger partial charge in [0.25, 0.3) is 7.37 Å². The molecule has 1 aliphatic rings. The van der Waals surface area contributed by atoms with E-state index in [1.165, 1.54) is 0 Å². The Morgan fingerprint density at radius 3 is 2.05 bits per heavy atom. The van der Waals surface area contributed by atoms with Gasteiger partial charge in [-0.15, -0.1) is 0 Å². The molecule has 0 saturated carbocycles. The first-order chi connectivity index (χ1) is 9.04. The third-order valence-electron chi connectivity index (χ3n) is 3.75. The lowest BCUT2D eigenvalue weighted by molar-refractivity contribution is 0.330. The van der Waals surface area contributed by atoms with Crippen molar-refractivity contribution in [2.24, 2.45) is 0 Å². The van der Waals surface area contributed by atoms with E-state index in [1.807, 2.05) is 57.2 Å². The predicted octanol–water partition coefficient (Wildman–Crippen LogP) is 3.37. The van der Waals surface area contributed by atoms with E-state index in [-0.39, 0.29) is 0 Å². The fourth-order valence-corrected chi connectivity index (χ4v) is 5.87. The number of rotatable bonds is 1. The largest absolute Gasteiger partial charge is 0.317 e. The molecule has 1 atom stereocenters. The van der Waals surface area contributed by atoms with Crippen LogP contribution in [0.15, 0.2) is 36.4 Å². The smallest absolute Gasteiger partial charge is 0.262 e. The zero-order valence-corrected chi connectivity index (χ0v) is 12.3. The first-order valence-corrected chi connectivity index (χ1v) is 8.07. The van der Waals surface area contributed by atoms with Crippen LogP contribution < -0.4 is 10.6 Å². The highest BCUT2D eigenvalue weighted by Gasteiger charge is 2.39. The van der Waals surface area contributed by atoms with Crippen LogP contribution in [0.25, 0.3) is 0 Å². The van der Waals surface area contributed by atoms with Crippen molar-refractivity contribution in [2.75, 3.05) is 0 Å². The third kappa shape index (κ3) is 1.79. The number of fused-ring (bicyclic) bond motifs is 1. The van der Waals surface area contributed by atoms with Gasteiger partial charge in [-0.1, -0.05) is 36.4 Å². The molecule has 1 aliphatic heterocycles. The second-order valence-corrected chi connectivity index (χ2v) is 7.40. The highest BCUT2D eigenvalue weighted by atomic mass is 31.2. The van der Waals surface area contributed by atoms with Crippen LogP contribution in [0.5, 0.6) is 0 Å². The van der Waals surface area contributed by atoms with Gasteiger partial charge in [0.2, 0.25) is 0 Å². The first kappa shape index (κ1) is 12.7. The summed E-state index contributed by atoms with van der Waals surface area (Å²) in [5, 5.41) is 1.79. The number of benzene rings is 2. The monoisotopic (exact) mass is 272 g/mol. The summed E-state index contributed by atoms with van der Waals surface area (Å²) in [6, 6.07) is 12.0. The maximum Gasteiger partial charge on any atom is 0.262 e. The van der Waals surface area contributed by atoms with Crippen LogP contribution in [0.2, 0.25) is 0 Å². The molecule has 1 unspecified atom stereocenters. The van der Waals surface area contributed by atoms with Crippen LogP contribution in [0.3, 0.4) is 0 Å². The molecule has 19 heavy (non-hydrogen) atoms. The zero-order valence-electron chi connectivity index (χ0n) is 11.4. The van der Waals surface area contributed by atoms with Crippen molar-refractivity contribution in [1.82, 2.24) is 0 Å². The molecule has 0 aliphatic carbocycles. The predicted molar refractivity (Wildman–Crippen MR) is 78.8 cm³/mol. The van der Waals surface area contributed by atoms with E-state index >= 15 is 0 Å². The quantitative estimate of drug-likeness (QED) is 0.744. The number of aryl methyl sites for hydroxylation is 3. The van der Waals surface area contributed by atoms with Gasteiger partial charge in [0.05, 0.1) is 6.61 Å². The van der Waals surface area contributed by atoms with Crippen LogP contribution in [-0.2, 0) is 15.7 Å². The first-order valence-electron chi connectivity index (χ1n) is 6.44. The lowest BCUT2D eigenvalue weighted by atomic mass is 10.1. The van der Waals surface area contributed by atoms with Gasteiger partial charge in [0, 0.05) is 10.6 Å². The molecule has 2 aromatic carbocycles. The molecular formula is C16H17O2P. The van der Waals surface area contributed by atoms with Gasteiger partial charge in [-0.25, -0.2) is 0 Å². The summed E-state index contributed by atoms with van der Waals surface area (Å²) in [7, 11) is -2.93. The number of hydrogen-bond donors (Lipinski definition) is 0. The van der Waals surface area contributed by atoms with Crippen LogP contribution in [-0.4, -0.2) is 0 Å². The molecule has 0 aromatic heterocycles. The van der Waals surface area contributed by atoms with Gasteiger partial charge >= 0.3 is 0 Å². The average molecular weight is 272 g/mol. The topological polar surface area (TPSA) is 26.3 Å². The molecule has 0 saturated heterocycles. The molecular weight excluding hydrogens is 255 g/mol. The Hall–Kier alpha value is -1.37. The van der Waals surface area contributed by atoms with E-state index in [9.17, 15) is 4.57 Å². The maximum absolute atomic E-state index is 13.5. The van der Waals surface area contributed by atoms with E-state index in [2.05, 4.69) is 0 Å². The Kier molecular flexibility index (Phi) is 2.88. The molecule has 0 bridgehead atoms. The molecule has 98 valence electrons. The van der Waals surface area contributed by atoms with Gasteiger partial charge in [0.15, 0.2) is 0 Å². The number of hydrogen-bond acceptors (Lipinski definition) is 2. The molecule has 0 radical (unpaired) electrons. The minimum absolute atomic E-state index is 0.446. The molecule has 0 fully saturated rings. The summed E-state index contributed by atoms with van der Waals surface area (Å²) in [5.74, 6) is 0. The van der Waals surface area contributed by atoms with Gasteiger partial charge in [-0.3, -0.25) is 4.57 Å². The van der Waals surface area contributed by atoms with Crippen molar-refractivity contribution in [2.45, 2.75) is 27.4 Å². The second-order valence-electron chi connectivity index (χ2n) is 5.15. The highest BCUT2D eigenvalue weighted by molar-refractivity contribution is 7.75.